The quantitative estimate of drug-likeness (QED) is 0.409. The van der Waals surface area contributed by atoms with Gasteiger partial charge in [-0.3, -0.25) is 4.79 Å². The fourth-order valence-electron chi connectivity index (χ4n) is 9.27. The van der Waals surface area contributed by atoms with Crippen molar-refractivity contribution in [3.63, 3.8) is 0 Å². The molecule has 0 aliphatic heterocycles. The summed E-state index contributed by atoms with van der Waals surface area (Å²) in [6, 6.07) is 0. The zero-order chi connectivity index (χ0) is 24.3. The van der Waals surface area contributed by atoms with Gasteiger partial charge in [0.1, 0.15) is 0 Å². The van der Waals surface area contributed by atoms with E-state index in [9.17, 15) is 30.3 Å². The zero-order valence-electron chi connectivity index (χ0n) is 20.9. The summed E-state index contributed by atoms with van der Waals surface area (Å²) in [7, 11) is 0. The summed E-state index contributed by atoms with van der Waals surface area (Å²) < 4.78 is 0. The first-order chi connectivity index (χ1) is 15.4. The fraction of sp³-hybridized carbons (Fsp3) is 0.963. The van der Waals surface area contributed by atoms with Gasteiger partial charge in [0.15, 0.2) is 0 Å². The molecule has 0 bridgehead atoms. The number of aliphatic hydroxyl groups excluding tert-OH is 4. The average Bonchev–Trinajstić information content (AvgIpc) is 3.09. The summed E-state index contributed by atoms with van der Waals surface area (Å²) >= 11 is 0. The van der Waals surface area contributed by atoms with E-state index in [-0.39, 0.29) is 40.4 Å². The molecule has 5 N–H and O–H groups in total. The SMILES string of the molecule is CC(CCC[C@@H](C)[C@H]1CC[C@H]2[C@@H]3[C@H](O)C[C@@H]4C[C@H](O)C[C@@H](O)[C@]4(C)[C@H]3C[C@H](O)[C@]12C)C(=O)O. The first kappa shape index (κ1) is 25.4. The Morgan fingerprint density at radius 3 is 2.21 bits per heavy atom. The summed E-state index contributed by atoms with van der Waals surface area (Å²) in [4.78, 5) is 11.2. The molecule has 4 rings (SSSR count). The zero-order valence-corrected chi connectivity index (χ0v) is 20.9. The highest BCUT2D eigenvalue weighted by Crippen LogP contribution is 2.68. The number of fused-ring (bicyclic) bond motifs is 5. The second-order valence-corrected chi connectivity index (χ2v) is 12.7. The molecule has 0 heterocycles. The second-order valence-electron chi connectivity index (χ2n) is 12.7. The first-order valence-electron chi connectivity index (χ1n) is 13.4. The lowest BCUT2D eigenvalue weighted by Crippen LogP contribution is -2.65. The van der Waals surface area contributed by atoms with E-state index < -0.39 is 30.4 Å². The molecule has 0 amide bonds. The van der Waals surface area contributed by atoms with Gasteiger partial charge in [-0.05, 0) is 91.3 Å². The van der Waals surface area contributed by atoms with Gasteiger partial charge in [0.05, 0.1) is 30.3 Å². The number of aliphatic hydroxyl groups is 4. The summed E-state index contributed by atoms with van der Waals surface area (Å²) in [5.74, 6) is 0.137. The van der Waals surface area contributed by atoms with Gasteiger partial charge in [-0.15, -0.1) is 0 Å². The van der Waals surface area contributed by atoms with Gasteiger partial charge in [0.2, 0.25) is 0 Å². The molecule has 4 fully saturated rings. The number of rotatable bonds is 6. The predicted octanol–water partition coefficient (Wildman–Crippen LogP) is 3.45. The lowest BCUT2D eigenvalue weighted by Gasteiger charge is -2.64. The summed E-state index contributed by atoms with van der Waals surface area (Å²) in [6.07, 6.45) is 4.76. The molecule has 4 aliphatic carbocycles. The molecule has 0 aromatic heterocycles. The van der Waals surface area contributed by atoms with Gasteiger partial charge in [-0.25, -0.2) is 0 Å². The standard InChI is InChI=1S/C27H46O6/c1-14(6-5-7-15(2)25(32)33)18-8-9-19-24-20(13-23(31)27(18,19)4)26(3)16(11-21(24)29)10-17(28)12-22(26)30/h14-24,28-31H,5-13H2,1-4H3,(H,32,33)/t14-,15?,16+,17+,18-,19+,20+,21-,22-,23+,24+,26+,27-/m1/s1. The van der Waals surface area contributed by atoms with Crippen molar-refractivity contribution in [1.82, 2.24) is 0 Å². The third kappa shape index (κ3) is 3.97. The Labute approximate surface area is 198 Å². The minimum Gasteiger partial charge on any atom is -0.481 e. The van der Waals surface area contributed by atoms with Gasteiger partial charge in [-0.2, -0.15) is 0 Å². The van der Waals surface area contributed by atoms with E-state index in [1.54, 1.807) is 6.92 Å². The minimum absolute atomic E-state index is 0.0623. The van der Waals surface area contributed by atoms with Crippen molar-refractivity contribution in [2.24, 2.45) is 52.3 Å². The highest BCUT2D eigenvalue weighted by Gasteiger charge is 2.67. The summed E-state index contributed by atoms with van der Waals surface area (Å²) in [5, 5.41) is 53.5. The van der Waals surface area contributed by atoms with Crippen LogP contribution in [0.2, 0.25) is 0 Å². The Hall–Kier alpha value is -0.690. The third-order valence-corrected chi connectivity index (χ3v) is 11.3. The number of hydrogen-bond donors (Lipinski definition) is 5. The minimum atomic E-state index is -0.736. The maximum absolute atomic E-state index is 11.6. The molecule has 4 aliphatic rings. The van der Waals surface area contributed by atoms with E-state index >= 15 is 0 Å². The topological polar surface area (TPSA) is 118 Å². The van der Waals surface area contributed by atoms with Crippen molar-refractivity contribution >= 4 is 5.97 Å². The number of aliphatic carboxylic acids is 1. The van der Waals surface area contributed by atoms with Crippen LogP contribution < -0.4 is 0 Å². The smallest absolute Gasteiger partial charge is 0.306 e. The van der Waals surface area contributed by atoms with Crippen LogP contribution in [0.4, 0.5) is 0 Å². The van der Waals surface area contributed by atoms with Gasteiger partial charge in [0.25, 0.3) is 0 Å². The maximum atomic E-state index is 11.6. The largest absolute Gasteiger partial charge is 0.481 e. The molecule has 1 unspecified atom stereocenters. The van der Waals surface area contributed by atoms with Gasteiger partial charge in [-0.1, -0.05) is 40.5 Å². The molecule has 190 valence electrons. The monoisotopic (exact) mass is 466 g/mol. The molecule has 0 spiro atoms. The average molecular weight is 467 g/mol. The number of carboxylic acids is 1. The van der Waals surface area contributed by atoms with Crippen LogP contribution in [0, 0.1) is 52.3 Å². The molecule has 0 radical (unpaired) electrons. The summed E-state index contributed by atoms with van der Waals surface area (Å²) in [5.41, 5.74) is -0.635. The molecule has 6 nitrogen and oxygen atoms in total. The molecule has 13 atom stereocenters. The van der Waals surface area contributed by atoms with E-state index in [1.165, 1.54) is 0 Å². The van der Waals surface area contributed by atoms with Crippen molar-refractivity contribution < 1.29 is 30.3 Å². The van der Waals surface area contributed by atoms with Crippen LogP contribution >= 0.6 is 0 Å². The van der Waals surface area contributed by atoms with Gasteiger partial charge in [0, 0.05) is 0 Å². The van der Waals surface area contributed by atoms with Gasteiger partial charge < -0.3 is 25.5 Å². The van der Waals surface area contributed by atoms with E-state index in [1.807, 2.05) is 0 Å². The van der Waals surface area contributed by atoms with Crippen LogP contribution in [0.1, 0.15) is 85.5 Å². The molecule has 0 saturated heterocycles. The highest BCUT2D eigenvalue weighted by atomic mass is 16.4. The predicted molar refractivity (Wildman–Crippen MR) is 125 cm³/mol. The maximum Gasteiger partial charge on any atom is 0.306 e. The number of carboxylic acid groups (broad SMARTS) is 1. The number of hydrogen-bond acceptors (Lipinski definition) is 5. The van der Waals surface area contributed by atoms with Crippen LogP contribution in [-0.4, -0.2) is 55.9 Å². The third-order valence-electron chi connectivity index (χ3n) is 11.3. The molecule has 4 saturated carbocycles. The molecular formula is C27H46O6. The van der Waals surface area contributed by atoms with E-state index in [4.69, 9.17) is 0 Å². The lowest BCUT2D eigenvalue weighted by molar-refractivity contribution is -0.234. The Morgan fingerprint density at radius 2 is 1.55 bits per heavy atom. The molecule has 0 aromatic rings. The van der Waals surface area contributed by atoms with Crippen molar-refractivity contribution in [3.05, 3.63) is 0 Å². The second kappa shape index (κ2) is 9.07. The first-order valence-corrected chi connectivity index (χ1v) is 13.4. The van der Waals surface area contributed by atoms with E-state index in [0.29, 0.717) is 43.9 Å². The van der Waals surface area contributed by atoms with Crippen molar-refractivity contribution in [2.75, 3.05) is 0 Å². The number of carbonyl (C=O) groups is 1. The fourth-order valence-corrected chi connectivity index (χ4v) is 9.27. The molecular weight excluding hydrogens is 420 g/mol. The van der Waals surface area contributed by atoms with Crippen LogP contribution in [-0.2, 0) is 4.79 Å². The molecule has 0 aromatic carbocycles. The van der Waals surface area contributed by atoms with Crippen LogP contribution in [0.15, 0.2) is 0 Å². The van der Waals surface area contributed by atoms with E-state index in [0.717, 1.165) is 25.7 Å². The normalized spacial score (nSPS) is 51.2. The van der Waals surface area contributed by atoms with Crippen molar-refractivity contribution in [1.29, 1.82) is 0 Å². The Kier molecular flexibility index (Phi) is 6.98. The molecule has 33 heavy (non-hydrogen) atoms. The molecule has 6 heteroatoms. The van der Waals surface area contributed by atoms with Crippen LogP contribution in [0.5, 0.6) is 0 Å². The Balaban J connectivity index is 1.53. The van der Waals surface area contributed by atoms with E-state index in [2.05, 4.69) is 20.8 Å². The van der Waals surface area contributed by atoms with Crippen LogP contribution in [0.3, 0.4) is 0 Å². The van der Waals surface area contributed by atoms with Crippen molar-refractivity contribution in [2.45, 2.75) is 110 Å². The lowest BCUT2D eigenvalue weighted by atomic mass is 9.42. The highest BCUT2D eigenvalue weighted by molar-refractivity contribution is 5.69. The van der Waals surface area contributed by atoms with Gasteiger partial charge >= 0.3 is 5.97 Å². The summed E-state index contributed by atoms with van der Waals surface area (Å²) in [6.45, 7) is 8.39. The Bertz CT molecular complexity index is 727. The van der Waals surface area contributed by atoms with Crippen molar-refractivity contribution in [3.8, 4) is 0 Å². The Morgan fingerprint density at radius 1 is 0.879 bits per heavy atom. The van der Waals surface area contributed by atoms with Crippen LogP contribution in [0.25, 0.3) is 0 Å².